The number of urea groups is 1. The van der Waals surface area contributed by atoms with E-state index >= 15 is 0 Å². The highest BCUT2D eigenvalue weighted by molar-refractivity contribution is 5.75. The van der Waals surface area contributed by atoms with E-state index in [9.17, 15) is 4.79 Å². The molecule has 1 heterocycles. The summed E-state index contributed by atoms with van der Waals surface area (Å²) in [5, 5.41) is 3.07. The number of carbonyl (C=O) groups excluding carboxylic acids is 1. The van der Waals surface area contributed by atoms with E-state index < -0.39 is 0 Å². The predicted molar refractivity (Wildman–Crippen MR) is 97.3 cm³/mol. The van der Waals surface area contributed by atoms with Crippen LogP contribution in [0.5, 0.6) is 0 Å². The summed E-state index contributed by atoms with van der Waals surface area (Å²) >= 11 is 0. The summed E-state index contributed by atoms with van der Waals surface area (Å²) in [6.07, 6.45) is 3.07. The molecule has 0 bridgehead atoms. The molecule has 128 valence electrons. The SMILES string of the molecule is CCc1cccc(CC)c1N1CCN(C(=O)NC(C)CC)CC1. The van der Waals surface area contributed by atoms with Crippen molar-refractivity contribution in [3.63, 3.8) is 0 Å². The molecule has 2 amide bonds. The minimum atomic E-state index is 0.0819. The molecule has 1 aliphatic heterocycles. The van der Waals surface area contributed by atoms with Crippen LogP contribution in [0.4, 0.5) is 10.5 Å². The fourth-order valence-corrected chi connectivity index (χ4v) is 3.16. The quantitative estimate of drug-likeness (QED) is 0.903. The van der Waals surface area contributed by atoms with Crippen molar-refractivity contribution in [3.8, 4) is 0 Å². The first-order valence-corrected chi connectivity index (χ1v) is 9.01. The highest BCUT2D eigenvalue weighted by Crippen LogP contribution is 2.28. The Hall–Kier alpha value is -1.71. The number of aryl methyl sites for hydroxylation is 2. The zero-order valence-electron chi connectivity index (χ0n) is 15.1. The van der Waals surface area contributed by atoms with Crippen LogP contribution >= 0.6 is 0 Å². The lowest BCUT2D eigenvalue weighted by Gasteiger charge is -2.38. The Morgan fingerprint density at radius 3 is 2.13 bits per heavy atom. The Morgan fingerprint density at radius 1 is 1.09 bits per heavy atom. The van der Waals surface area contributed by atoms with Crippen LogP contribution in [-0.4, -0.2) is 43.2 Å². The maximum absolute atomic E-state index is 12.3. The van der Waals surface area contributed by atoms with Gasteiger partial charge in [0.25, 0.3) is 0 Å². The van der Waals surface area contributed by atoms with Crippen molar-refractivity contribution < 1.29 is 4.79 Å². The lowest BCUT2D eigenvalue weighted by Crippen LogP contribution is -2.53. The molecule has 1 aromatic rings. The van der Waals surface area contributed by atoms with Gasteiger partial charge in [0.05, 0.1) is 0 Å². The number of rotatable bonds is 5. The molecule has 1 N–H and O–H groups in total. The van der Waals surface area contributed by atoms with E-state index in [4.69, 9.17) is 0 Å². The third-order valence-corrected chi connectivity index (χ3v) is 4.83. The van der Waals surface area contributed by atoms with Crippen LogP contribution in [0, 0.1) is 0 Å². The molecule has 4 nitrogen and oxygen atoms in total. The van der Waals surface area contributed by atoms with Gasteiger partial charge in [-0.25, -0.2) is 4.79 Å². The van der Waals surface area contributed by atoms with Gasteiger partial charge in [0.2, 0.25) is 0 Å². The molecular formula is C19H31N3O. The van der Waals surface area contributed by atoms with Gasteiger partial charge >= 0.3 is 6.03 Å². The number of benzene rings is 1. The smallest absolute Gasteiger partial charge is 0.317 e. The van der Waals surface area contributed by atoms with Gasteiger partial charge in [0.1, 0.15) is 0 Å². The maximum atomic E-state index is 12.3. The molecule has 0 saturated carbocycles. The van der Waals surface area contributed by atoms with Crippen molar-refractivity contribution in [3.05, 3.63) is 29.3 Å². The summed E-state index contributed by atoms with van der Waals surface area (Å²) in [7, 11) is 0. The van der Waals surface area contributed by atoms with E-state index in [-0.39, 0.29) is 12.1 Å². The molecule has 23 heavy (non-hydrogen) atoms. The van der Waals surface area contributed by atoms with Gasteiger partial charge in [0.15, 0.2) is 0 Å². The van der Waals surface area contributed by atoms with Crippen molar-refractivity contribution >= 4 is 11.7 Å². The highest BCUT2D eigenvalue weighted by Gasteiger charge is 2.24. The van der Waals surface area contributed by atoms with Crippen LogP contribution < -0.4 is 10.2 Å². The van der Waals surface area contributed by atoms with Crippen LogP contribution in [0.2, 0.25) is 0 Å². The first-order chi connectivity index (χ1) is 11.1. The second-order valence-corrected chi connectivity index (χ2v) is 6.36. The van der Waals surface area contributed by atoms with Crippen LogP contribution in [0.3, 0.4) is 0 Å². The van der Waals surface area contributed by atoms with Crippen LogP contribution in [0.15, 0.2) is 18.2 Å². The molecule has 4 heteroatoms. The summed E-state index contributed by atoms with van der Waals surface area (Å²) in [6, 6.07) is 6.95. The van der Waals surface area contributed by atoms with Crippen molar-refractivity contribution in [1.29, 1.82) is 0 Å². The van der Waals surface area contributed by atoms with Crippen LogP contribution in [0.25, 0.3) is 0 Å². The summed E-state index contributed by atoms with van der Waals surface area (Å²) < 4.78 is 0. The van der Waals surface area contributed by atoms with Crippen LogP contribution in [0.1, 0.15) is 45.2 Å². The largest absolute Gasteiger partial charge is 0.368 e. The third-order valence-electron chi connectivity index (χ3n) is 4.83. The summed E-state index contributed by atoms with van der Waals surface area (Å²) in [5.41, 5.74) is 4.24. The monoisotopic (exact) mass is 317 g/mol. The Balaban J connectivity index is 2.03. The number of nitrogens with zero attached hydrogens (tertiary/aromatic N) is 2. The molecule has 1 saturated heterocycles. The van der Waals surface area contributed by atoms with Gasteiger partial charge in [-0.2, -0.15) is 0 Å². The van der Waals surface area contributed by atoms with E-state index in [0.717, 1.165) is 45.4 Å². The first kappa shape index (κ1) is 17.6. The van der Waals surface area contributed by atoms with Gasteiger partial charge in [-0.3, -0.25) is 0 Å². The number of hydrogen-bond donors (Lipinski definition) is 1. The summed E-state index contributed by atoms with van der Waals surface area (Å²) in [6.45, 7) is 12.0. The van der Waals surface area contributed by atoms with E-state index in [1.165, 1.54) is 16.8 Å². The summed E-state index contributed by atoms with van der Waals surface area (Å²) in [4.78, 5) is 16.7. The highest BCUT2D eigenvalue weighted by atomic mass is 16.2. The van der Waals surface area contributed by atoms with E-state index in [1.54, 1.807) is 0 Å². The molecule has 1 aromatic carbocycles. The van der Waals surface area contributed by atoms with Gasteiger partial charge < -0.3 is 15.1 Å². The second kappa shape index (κ2) is 8.23. The Morgan fingerprint density at radius 2 is 1.65 bits per heavy atom. The Kier molecular flexibility index (Phi) is 6.31. The zero-order chi connectivity index (χ0) is 16.8. The molecule has 1 fully saturated rings. The topological polar surface area (TPSA) is 35.6 Å². The molecule has 1 unspecified atom stereocenters. The molecule has 0 radical (unpaired) electrons. The standard InChI is InChI=1S/C19H31N3O/c1-5-15(4)20-19(23)22-13-11-21(12-14-22)18-16(6-2)9-8-10-17(18)7-3/h8-10,15H,5-7,11-14H2,1-4H3,(H,20,23). The molecule has 0 aromatic heterocycles. The molecule has 2 rings (SSSR count). The number of piperazine rings is 1. The van der Waals surface area contributed by atoms with Crippen molar-refractivity contribution in [2.24, 2.45) is 0 Å². The maximum Gasteiger partial charge on any atom is 0.317 e. The second-order valence-electron chi connectivity index (χ2n) is 6.36. The van der Waals surface area contributed by atoms with E-state index in [0.29, 0.717) is 0 Å². The van der Waals surface area contributed by atoms with Crippen molar-refractivity contribution in [1.82, 2.24) is 10.2 Å². The average molecular weight is 317 g/mol. The molecule has 1 atom stereocenters. The number of para-hydroxylation sites is 1. The van der Waals surface area contributed by atoms with Gasteiger partial charge in [-0.1, -0.05) is 39.0 Å². The predicted octanol–water partition coefficient (Wildman–Crippen LogP) is 3.44. The van der Waals surface area contributed by atoms with Gasteiger partial charge in [-0.05, 0) is 37.3 Å². The van der Waals surface area contributed by atoms with E-state index in [2.05, 4.69) is 56.1 Å². The Labute approximate surface area is 140 Å². The summed E-state index contributed by atoms with van der Waals surface area (Å²) in [5.74, 6) is 0. The number of amides is 2. The van der Waals surface area contributed by atoms with Gasteiger partial charge in [0, 0.05) is 37.9 Å². The van der Waals surface area contributed by atoms with Crippen molar-refractivity contribution in [2.75, 3.05) is 31.1 Å². The lowest BCUT2D eigenvalue weighted by molar-refractivity contribution is 0.190. The number of hydrogen-bond acceptors (Lipinski definition) is 2. The molecule has 1 aliphatic rings. The first-order valence-electron chi connectivity index (χ1n) is 9.01. The molecule has 0 aliphatic carbocycles. The third kappa shape index (κ3) is 4.18. The van der Waals surface area contributed by atoms with E-state index in [1.807, 2.05) is 4.90 Å². The zero-order valence-corrected chi connectivity index (χ0v) is 15.1. The molecule has 0 spiro atoms. The number of nitrogens with one attached hydrogen (secondary N) is 1. The minimum absolute atomic E-state index is 0.0819. The lowest BCUT2D eigenvalue weighted by atomic mass is 10.0. The van der Waals surface area contributed by atoms with Crippen LogP contribution in [-0.2, 0) is 12.8 Å². The number of carbonyl (C=O) groups is 1. The fraction of sp³-hybridized carbons (Fsp3) is 0.632. The fourth-order valence-electron chi connectivity index (χ4n) is 3.16. The Bertz CT molecular complexity index is 499. The van der Waals surface area contributed by atoms with Crippen molar-refractivity contribution in [2.45, 2.75) is 53.0 Å². The average Bonchev–Trinajstić information content (AvgIpc) is 2.60. The normalized spacial score (nSPS) is 16.3. The molecular weight excluding hydrogens is 286 g/mol. The number of anilines is 1. The minimum Gasteiger partial charge on any atom is -0.368 e. The van der Waals surface area contributed by atoms with Gasteiger partial charge in [-0.15, -0.1) is 0 Å².